The van der Waals surface area contributed by atoms with Crippen LogP contribution in [0.15, 0.2) is 41.0 Å². The average molecular weight is 386 g/mol. The van der Waals surface area contributed by atoms with E-state index in [0.717, 1.165) is 4.47 Å². The zero-order chi connectivity index (χ0) is 16.3. The summed E-state index contributed by atoms with van der Waals surface area (Å²) in [7, 11) is 0. The molecule has 0 unspecified atom stereocenters. The number of imidazole rings is 1. The second-order valence-electron chi connectivity index (χ2n) is 4.27. The van der Waals surface area contributed by atoms with E-state index in [0.29, 0.717) is 22.6 Å². The summed E-state index contributed by atoms with van der Waals surface area (Å²) in [4.78, 5) is 4.47. The standard InChI is InChI=1S/C14H9BrClFN2O.C2H6/c15-9-2-4-13-18-14(12(7-20)19(13)6-9)8-1-3-11(17)10(16)5-8;1-2/h1-6,20H,7H2;1-2H3. The molecule has 0 radical (unpaired) electrons. The van der Waals surface area contributed by atoms with Crippen molar-refractivity contribution in [2.24, 2.45) is 0 Å². The van der Waals surface area contributed by atoms with Crippen molar-refractivity contribution in [2.75, 3.05) is 0 Å². The third kappa shape index (κ3) is 3.16. The van der Waals surface area contributed by atoms with Gasteiger partial charge < -0.3 is 5.11 Å². The molecule has 0 aliphatic heterocycles. The second kappa shape index (κ2) is 7.22. The van der Waals surface area contributed by atoms with E-state index in [-0.39, 0.29) is 11.6 Å². The number of aromatic nitrogens is 2. The third-order valence-electron chi connectivity index (χ3n) is 3.02. The molecule has 0 saturated heterocycles. The maximum Gasteiger partial charge on any atom is 0.141 e. The Labute approximate surface area is 141 Å². The Balaban J connectivity index is 0.000000847. The van der Waals surface area contributed by atoms with Crippen molar-refractivity contribution >= 4 is 33.2 Å². The summed E-state index contributed by atoms with van der Waals surface area (Å²) in [6.07, 6.45) is 1.82. The largest absolute Gasteiger partial charge is 0.390 e. The van der Waals surface area contributed by atoms with Crippen molar-refractivity contribution in [1.29, 1.82) is 0 Å². The molecule has 1 N–H and O–H groups in total. The predicted molar refractivity (Wildman–Crippen MR) is 90.6 cm³/mol. The minimum atomic E-state index is -0.479. The van der Waals surface area contributed by atoms with Crippen molar-refractivity contribution in [3.63, 3.8) is 0 Å². The van der Waals surface area contributed by atoms with Gasteiger partial charge in [0.05, 0.1) is 23.0 Å². The molecule has 0 fully saturated rings. The zero-order valence-corrected chi connectivity index (χ0v) is 14.5. The molecule has 3 nitrogen and oxygen atoms in total. The highest BCUT2D eigenvalue weighted by atomic mass is 79.9. The molecule has 0 amide bonds. The molecule has 2 aromatic heterocycles. The topological polar surface area (TPSA) is 37.5 Å². The quantitative estimate of drug-likeness (QED) is 0.668. The molecule has 3 rings (SSSR count). The Bertz CT molecular complexity index is 804. The van der Waals surface area contributed by atoms with Crippen molar-refractivity contribution in [1.82, 2.24) is 9.38 Å². The van der Waals surface area contributed by atoms with E-state index >= 15 is 0 Å². The van der Waals surface area contributed by atoms with Crippen LogP contribution in [0, 0.1) is 5.82 Å². The van der Waals surface area contributed by atoms with Gasteiger partial charge in [0.1, 0.15) is 11.5 Å². The SMILES string of the molecule is CC.OCc1c(-c2ccc(F)c(Cl)c2)nc2ccc(Br)cn12. The highest BCUT2D eigenvalue weighted by molar-refractivity contribution is 9.10. The second-order valence-corrected chi connectivity index (χ2v) is 5.59. The van der Waals surface area contributed by atoms with Gasteiger partial charge in [-0.3, -0.25) is 4.40 Å². The summed E-state index contributed by atoms with van der Waals surface area (Å²) in [5, 5.41) is 9.63. The van der Waals surface area contributed by atoms with Crippen LogP contribution in [0.3, 0.4) is 0 Å². The zero-order valence-electron chi connectivity index (χ0n) is 12.1. The van der Waals surface area contributed by atoms with Gasteiger partial charge in [-0.1, -0.05) is 25.4 Å². The van der Waals surface area contributed by atoms with Gasteiger partial charge in [-0.2, -0.15) is 0 Å². The predicted octanol–water partition coefficient (Wildman–Crippen LogP) is 5.07. The third-order valence-corrected chi connectivity index (χ3v) is 3.78. The number of halogens is 3. The fourth-order valence-electron chi connectivity index (χ4n) is 2.09. The summed E-state index contributed by atoms with van der Waals surface area (Å²) in [5.41, 5.74) is 2.59. The van der Waals surface area contributed by atoms with Crippen LogP contribution in [0.1, 0.15) is 19.5 Å². The minimum absolute atomic E-state index is 0.0321. The van der Waals surface area contributed by atoms with Gasteiger partial charge in [-0.05, 0) is 46.3 Å². The van der Waals surface area contributed by atoms with Crippen molar-refractivity contribution in [3.8, 4) is 11.3 Å². The van der Waals surface area contributed by atoms with E-state index in [2.05, 4.69) is 20.9 Å². The molecular weight excluding hydrogens is 371 g/mol. The van der Waals surface area contributed by atoms with Crippen molar-refractivity contribution < 1.29 is 9.50 Å². The lowest BCUT2D eigenvalue weighted by Crippen LogP contribution is -1.94. The minimum Gasteiger partial charge on any atom is -0.390 e. The van der Waals surface area contributed by atoms with Crippen LogP contribution in [-0.4, -0.2) is 14.5 Å². The Morgan fingerprint density at radius 3 is 2.64 bits per heavy atom. The van der Waals surface area contributed by atoms with Crippen LogP contribution in [0.5, 0.6) is 0 Å². The molecule has 0 bridgehead atoms. The molecule has 0 spiro atoms. The number of pyridine rings is 1. The van der Waals surface area contributed by atoms with Gasteiger partial charge in [0.2, 0.25) is 0 Å². The van der Waals surface area contributed by atoms with Gasteiger partial charge in [-0.25, -0.2) is 9.37 Å². The first-order valence-electron chi connectivity index (χ1n) is 6.83. The molecule has 1 aromatic carbocycles. The molecule has 116 valence electrons. The van der Waals surface area contributed by atoms with E-state index < -0.39 is 5.82 Å². The summed E-state index contributed by atoms with van der Waals surface area (Å²) >= 11 is 9.19. The van der Waals surface area contributed by atoms with E-state index in [1.807, 2.05) is 32.2 Å². The fourth-order valence-corrected chi connectivity index (χ4v) is 2.61. The lowest BCUT2D eigenvalue weighted by atomic mass is 10.1. The Hall–Kier alpha value is -1.43. The highest BCUT2D eigenvalue weighted by Crippen LogP contribution is 2.28. The number of benzene rings is 1. The molecular formula is C16H15BrClFN2O. The first-order chi connectivity index (χ1) is 10.6. The molecule has 0 aliphatic carbocycles. The maximum atomic E-state index is 13.2. The highest BCUT2D eigenvalue weighted by Gasteiger charge is 2.14. The monoisotopic (exact) mass is 384 g/mol. The average Bonchev–Trinajstić information content (AvgIpc) is 2.89. The van der Waals surface area contributed by atoms with Crippen LogP contribution in [-0.2, 0) is 6.61 Å². The number of aliphatic hydroxyl groups excluding tert-OH is 1. The number of fused-ring (bicyclic) bond motifs is 1. The van der Waals surface area contributed by atoms with Crippen LogP contribution in [0.2, 0.25) is 5.02 Å². The number of hydrogen-bond donors (Lipinski definition) is 1. The maximum absolute atomic E-state index is 13.2. The first kappa shape index (κ1) is 16.9. The number of nitrogens with zero attached hydrogens (tertiary/aromatic N) is 2. The lowest BCUT2D eigenvalue weighted by Gasteiger charge is -2.03. The van der Waals surface area contributed by atoms with Gasteiger partial charge in [0, 0.05) is 16.2 Å². The molecule has 2 heterocycles. The van der Waals surface area contributed by atoms with Crippen LogP contribution < -0.4 is 0 Å². The number of hydrogen-bond acceptors (Lipinski definition) is 2. The molecule has 22 heavy (non-hydrogen) atoms. The Kier molecular flexibility index (Phi) is 5.56. The van der Waals surface area contributed by atoms with E-state index in [9.17, 15) is 9.50 Å². The van der Waals surface area contributed by atoms with Crippen molar-refractivity contribution in [3.05, 3.63) is 57.5 Å². The van der Waals surface area contributed by atoms with Crippen molar-refractivity contribution in [2.45, 2.75) is 20.5 Å². The molecule has 3 aromatic rings. The molecule has 0 saturated carbocycles. The van der Waals surface area contributed by atoms with Gasteiger partial charge >= 0.3 is 0 Å². The summed E-state index contributed by atoms with van der Waals surface area (Å²) < 4.78 is 15.9. The van der Waals surface area contributed by atoms with Crippen LogP contribution >= 0.6 is 27.5 Å². The molecule has 0 atom stereocenters. The van der Waals surface area contributed by atoms with Gasteiger partial charge in [0.25, 0.3) is 0 Å². The molecule has 0 aliphatic rings. The van der Waals surface area contributed by atoms with Crippen LogP contribution in [0.4, 0.5) is 4.39 Å². The number of aliphatic hydroxyl groups is 1. The summed E-state index contributed by atoms with van der Waals surface area (Å²) in [5.74, 6) is -0.479. The van der Waals surface area contributed by atoms with Gasteiger partial charge in [0.15, 0.2) is 0 Å². The fraction of sp³-hybridized carbons (Fsp3) is 0.188. The van der Waals surface area contributed by atoms with Gasteiger partial charge in [-0.15, -0.1) is 0 Å². The van der Waals surface area contributed by atoms with E-state index in [4.69, 9.17) is 11.6 Å². The smallest absolute Gasteiger partial charge is 0.141 e. The lowest BCUT2D eigenvalue weighted by molar-refractivity contribution is 0.276. The van der Waals surface area contributed by atoms with E-state index in [1.165, 1.54) is 12.1 Å². The first-order valence-corrected chi connectivity index (χ1v) is 8.00. The summed E-state index contributed by atoms with van der Waals surface area (Å²) in [6.45, 7) is 3.82. The normalized spacial score (nSPS) is 10.5. The van der Waals surface area contributed by atoms with Crippen LogP contribution in [0.25, 0.3) is 16.9 Å². The Morgan fingerprint density at radius 1 is 1.27 bits per heavy atom. The summed E-state index contributed by atoms with van der Waals surface area (Å²) in [6, 6.07) is 8.09. The Morgan fingerprint density at radius 2 is 2.00 bits per heavy atom. The number of rotatable bonds is 2. The van der Waals surface area contributed by atoms with E-state index in [1.54, 1.807) is 10.5 Å². The molecule has 6 heteroatoms.